The van der Waals surface area contributed by atoms with Crippen molar-refractivity contribution in [1.29, 1.82) is 0 Å². The average Bonchev–Trinajstić information content (AvgIpc) is 2.93. The third-order valence-corrected chi connectivity index (χ3v) is 3.30. The quantitative estimate of drug-likeness (QED) is 0.534. The highest BCUT2D eigenvalue weighted by atomic mass is 79.9. The van der Waals surface area contributed by atoms with E-state index in [4.69, 9.17) is 4.42 Å². The van der Waals surface area contributed by atoms with E-state index in [0.717, 1.165) is 5.52 Å². The Morgan fingerprint density at radius 2 is 2.16 bits per heavy atom. The van der Waals surface area contributed by atoms with Crippen LogP contribution in [0.5, 0.6) is 0 Å². The Morgan fingerprint density at radius 1 is 1.37 bits per heavy atom. The fourth-order valence-corrected chi connectivity index (χ4v) is 2.26. The molecule has 19 heavy (non-hydrogen) atoms. The molecule has 2 heterocycles. The van der Waals surface area contributed by atoms with Crippen LogP contribution in [0, 0.1) is 10.1 Å². The highest BCUT2D eigenvalue weighted by Gasteiger charge is 2.15. The standard InChI is InChI=1S/C12H8BrN3O3/c1-15-9-3-2-7(16(17)18)6-8(9)14-12(15)10-4-5-11(13)19-10/h2-6H,1H3. The van der Waals surface area contributed by atoms with Gasteiger partial charge in [-0.25, -0.2) is 4.98 Å². The summed E-state index contributed by atoms with van der Waals surface area (Å²) < 4.78 is 7.91. The molecule has 0 fully saturated rings. The van der Waals surface area contributed by atoms with Crippen LogP contribution in [-0.2, 0) is 7.05 Å². The van der Waals surface area contributed by atoms with E-state index in [2.05, 4.69) is 20.9 Å². The minimum absolute atomic E-state index is 0.0257. The third-order valence-electron chi connectivity index (χ3n) is 2.87. The van der Waals surface area contributed by atoms with Gasteiger partial charge in [0, 0.05) is 19.2 Å². The Labute approximate surface area is 115 Å². The van der Waals surface area contributed by atoms with Crippen LogP contribution in [0.15, 0.2) is 39.4 Å². The lowest BCUT2D eigenvalue weighted by Gasteiger charge is -1.98. The normalized spacial score (nSPS) is 11.1. The number of fused-ring (bicyclic) bond motifs is 1. The minimum atomic E-state index is -0.433. The molecule has 0 radical (unpaired) electrons. The van der Waals surface area contributed by atoms with Gasteiger partial charge in [-0.3, -0.25) is 10.1 Å². The first kappa shape index (κ1) is 11.9. The zero-order valence-electron chi connectivity index (χ0n) is 9.83. The van der Waals surface area contributed by atoms with Crippen molar-refractivity contribution >= 4 is 32.7 Å². The molecule has 0 unspecified atom stereocenters. The van der Waals surface area contributed by atoms with Gasteiger partial charge in [0.1, 0.15) is 0 Å². The number of hydrogen-bond acceptors (Lipinski definition) is 4. The molecular weight excluding hydrogens is 314 g/mol. The van der Waals surface area contributed by atoms with Crippen molar-refractivity contribution in [2.75, 3.05) is 0 Å². The van der Waals surface area contributed by atoms with Crippen LogP contribution in [0.2, 0.25) is 0 Å². The van der Waals surface area contributed by atoms with E-state index in [0.29, 0.717) is 21.8 Å². The largest absolute Gasteiger partial charge is 0.446 e. The van der Waals surface area contributed by atoms with E-state index in [-0.39, 0.29) is 5.69 Å². The predicted octanol–water partition coefficient (Wildman–Crippen LogP) is 3.50. The number of non-ortho nitro benzene ring substituents is 1. The lowest BCUT2D eigenvalue weighted by Crippen LogP contribution is -1.91. The minimum Gasteiger partial charge on any atom is -0.446 e. The van der Waals surface area contributed by atoms with Gasteiger partial charge in [-0.15, -0.1) is 0 Å². The Kier molecular flexibility index (Phi) is 2.63. The van der Waals surface area contributed by atoms with Crippen molar-refractivity contribution in [2.24, 2.45) is 7.05 Å². The van der Waals surface area contributed by atoms with Crippen LogP contribution in [-0.4, -0.2) is 14.5 Å². The highest BCUT2D eigenvalue weighted by Crippen LogP contribution is 2.28. The number of nitro benzene ring substituents is 1. The maximum atomic E-state index is 10.8. The number of rotatable bonds is 2. The second-order valence-electron chi connectivity index (χ2n) is 4.03. The molecule has 6 nitrogen and oxygen atoms in total. The summed E-state index contributed by atoms with van der Waals surface area (Å²) in [6, 6.07) is 8.17. The summed E-state index contributed by atoms with van der Waals surface area (Å²) in [6.45, 7) is 0. The van der Waals surface area contributed by atoms with Crippen molar-refractivity contribution < 1.29 is 9.34 Å². The first-order valence-corrected chi connectivity index (χ1v) is 6.22. The number of benzene rings is 1. The number of nitro groups is 1. The molecule has 2 aromatic heterocycles. The van der Waals surface area contributed by atoms with Gasteiger partial charge < -0.3 is 8.98 Å². The maximum absolute atomic E-state index is 10.8. The molecule has 0 N–H and O–H groups in total. The summed E-state index contributed by atoms with van der Waals surface area (Å²) >= 11 is 3.24. The lowest BCUT2D eigenvalue weighted by atomic mass is 10.3. The first-order chi connectivity index (χ1) is 9.06. The third kappa shape index (κ3) is 1.91. The van der Waals surface area contributed by atoms with E-state index >= 15 is 0 Å². The average molecular weight is 322 g/mol. The van der Waals surface area contributed by atoms with Crippen LogP contribution < -0.4 is 0 Å². The molecule has 0 aliphatic carbocycles. The van der Waals surface area contributed by atoms with E-state index in [9.17, 15) is 10.1 Å². The first-order valence-electron chi connectivity index (χ1n) is 5.43. The molecule has 0 saturated carbocycles. The molecule has 0 spiro atoms. The summed E-state index contributed by atoms with van der Waals surface area (Å²) in [6.07, 6.45) is 0. The molecule has 0 aliphatic heterocycles. The van der Waals surface area contributed by atoms with Gasteiger partial charge in [0.2, 0.25) is 0 Å². The molecule has 7 heteroatoms. The molecule has 3 aromatic rings. The zero-order chi connectivity index (χ0) is 13.6. The van der Waals surface area contributed by atoms with E-state index in [1.54, 1.807) is 18.2 Å². The summed E-state index contributed by atoms with van der Waals surface area (Å²) in [7, 11) is 1.84. The zero-order valence-corrected chi connectivity index (χ0v) is 11.4. The highest BCUT2D eigenvalue weighted by molar-refractivity contribution is 9.10. The monoisotopic (exact) mass is 321 g/mol. The molecule has 0 atom stereocenters. The van der Waals surface area contributed by atoms with Crippen LogP contribution in [0.3, 0.4) is 0 Å². The number of furan rings is 1. The molecule has 3 rings (SSSR count). The van der Waals surface area contributed by atoms with Crippen molar-refractivity contribution in [2.45, 2.75) is 0 Å². The molecule has 0 amide bonds. The van der Waals surface area contributed by atoms with Gasteiger partial charge in [-0.2, -0.15) is 0 Å². The Bertz CT molecular complexity index is 791. The van der Waals surface area contributed by atoms with Crippen LogP contribution in [0.1, 0.15) is 0 Å². The van der Waals surface area contributed by atoms with Crippen molar-refractivity contribution in [1.82, 2.24) is 9.55 Å². The Balaban J connectivity index is 2.22. The number of halogens is 1. The Morgan fingerprint density at radius 3 is 2.79 bits per heavy atom. The number of aromatic nitrogens is 2. The van der Waals surface area contributed by atoms with E-state index in [1.807, 2.05) is 11.6 Å². The second-order valence-corrected chi connectivity index (χ2v) is 4.81. The number of nitrogens with zero attached hydrogens (tertiary/aromatic N) is 3. The van der Waals surface area contributed by atoms with Gasteiger partial charge in [0.05, 0.1) is 16.0 Å². The second kappa shape index (κ2) is 4.20. The van der Waals surface area contributed by atoms with Crippen molar-refractivity contribution in [3.8, 4) is 11.6 Å². The van der Waals surface area contributed by atoms with Gasteiger partial charge >= 0.3 is 0 Å². The molecule has 0 saturated heterocycles. The molecule has 96 valence electrons. The number of aryl methyl sites for hydroxylation is 1. The van der Waals surface area contributed by atoms with Gasteiger partial charge in [-0.05, 0) is 34.1 Å². The number of hydrogen-bond donors (Lipinski definition) is 0. The summed E-state index contributed by atoms with van der Waals surface area (Å²) in [5.41, 5.74) is 1.41. The predicted molar refractivity (Wildman–Crippen MR) is 72.8 cm³/mol. The van der Waals surface area contributed by atoms with E-state index < -0.39 is 4.92 Å². The van der Waals surface area contributed by atoms with Crippen molar-refractivity contribution in [3.05, 3.63) is 45.1 Å². The van der Waals surface area contributed by atoms with Gasteiger partial charge in [0.15, 0.2) is 16.3 Å². The van der Waals surface area contributed by atoms with Crippen LogP contribution >= 0.6 is 15.9 Å². The number of imidazole rings is 1. The molecular formula is C12H8BrN3O3. The maximum Gasteiger partial charge on any atom is 0.271 e. The smallest absolute Gasteiger partial charge is 0.271 e. The summed E-state index contributed by atoms with van der Waals surface area (Å²) in [4.78, 5) is 14.7. The van der Waals surface area contributed by atoms with Gasteiger partial charge in [0.25, 0.3) is 5.69 Å². The summed E-state index contributed by atoms with van der Waals surface area (Å²) in [5, 5.41) is 10.8. The topological polar surface area (TPSA) is 74.1 Å². The SMILES string of the molecule is Cn1c(-c2ccc(Br)o2)nc2cc([N+](=O)[O-])ccc21. The lowest BCUT2D eigenvalue weighted by molar-refractivity contribution is -0.384. The fraction of sp³-hybridized carbons (Fsp3) is 0.0833. The van der Waals surface area contributed by atoms with Crippen LogP contribution in [0.25, 0.3) is 22.6 Å². The fourth-order valence-electron chi connectivity index (χ4n) is 1.96. The van der Waals surface area contributed by atoms with E-state index in [1.165, 1.54) is 12.1 Å². The van der Waals surface area contributed by atoms with Crippen LogP contribution in [0.4, 0.5) is 5.69 Å². The Hall–Kier alpha value is -2.15. The van der Waals surface area contributed by atoms with Gasteiger partial charge in [-0.1, -0.05) is 0 Å². The molecule has 0 aliphatic rings. The summed E-state index contributed by atoms with van der Waals surface area (Å²) in [5.74, 6) is 1.23. The molecule has 1 aromatic carbocycles. The van der Waals surface area contributed by atoms with Crippen molar-refractivity contribution in [3.63, 3.8) is 0 Å². The molecule has 0 bridgehead atoms.